The van der Waals surface area contributed by atoms with Crippen LogP contribution >= 0.6 is 0 Å². The summed E-state index contributed by atoms with van der Waals surface area (Å²) in [5.74, 6) is -0.213. The van der Waals surface area contributed by atoms with E-state index in [2.05, 4.69) is 10.6 Å². The highest BCUT2D eigenvalue weighted by molar-refractivity contribution is 5.77. The monoisotopic (exact) mass is 251 g/mol. The van der Waals surface area contributed by atoms with Gasteiger partial charge in [-0.25, -0.2) is 9.18 Å². The summed E-state index contributed by atoms with van der Waals surface area (Å²) in [5.41, 5.74) is 1.56. The van der Waals surface area contributed by atoms with E-state index in [0.29, 0.717) is 18.7 Å². The molecule has 0 spiro atoms. The SMILES string of the molecule is CNCCN1CC(c2ccc(F)c(C)c2)NC1=O. The van der Waals surface area contributed by atoms with Gasteiger partial charge >= 0.3 is 6.03 Å². The largest absolute Gasteiger partial charge is 0.329 e. The van der Waals surface area contributed by atoms with Gasteiger partial charge in [-0.1, -0.05) is 12.1 Å². The van der Waals surface area contributed by atoms with E-state index in [1.54, 1.807) is 24.0 Å². The first-order valence-electron chi connectivity index (χ1n) is 6.08. The second kappa shape index (κ2) is 5.35. The molecule has 0 aromatic heterocycles. The Labute approximate surface area is 106 Å². The van der Waals surface area contributed by atoms with Gasteiger partial charge in [0.1, 0.15) is 5.82 Å². The number of hydrogen-bond acceptors (Lipinski definition) is 2. The Morgan fingerprint density at radius 2 is 2.33 bits per heavy atom. The number of amides is 2. The zero-order chi connectivity index (χ0) is 13.1. The van der Waals surface area contributed by atoms with Gasteiger partial charge < -0.3 is 15.5 Å². The number of likely N-dealkylation sites (N-methyl/N-ethyl adjacent to an activating group) is 1. The summed E-state index contributed by atoms with van der Waals surface area (Å²) in [7, 11) is 1.86. The summed E-state index contributed by atoms with van der Waals surface area (Å²) >= 11 is 0. The van der Waals surface area contributed by atoms with Gasteiger partial charge in [0.25, 0.3) is 0 Å². The maximum absolute atomic E-state index is 13.2. The number of hydrogen-bond donors (Lipinski definition) is 2. The van der Waals surface area contributed by atoms with Crippen LogP contribution in [0, 0.1) is 12.7 Å². The first-order chi connectivity index (χ1) is 8.61. The number of benzene rings is 1. The minimum atomic E-state index is -0.213. The predicted octanol–water partition coefficient (Wildman–Crippen LogP) is 1.42. The van der Waals surface area contributed by atoms with Gasteiger partial charge in [0.05, 0.1) is 6.04 Å². The van der Waals surface area contributed by atoms with E-state index in [-0.39, 0.29) is 17.9 Å². The van der Waals surface area contributed by atoms with E-state index in [0.717, 1.165) is 12.1 Å². The van der Waals surface area contributed by atoms with Crippen LogP contribution in [0.15, 0.2) is 18.2 Å². The molecule has 0 aliphatic carbocycles. The molecule has 4 nitrogen and oxygen atoms in total. The molecule has 0 radical (unpaired) electrons. The molecule has 1 fully saturated rings. The lowest BCUT2D eigenvalue weighted by molar-refractivity contribution is 0.218. The zero-order valence-corrected chi connectivity index (χ0v) is 10.7. The van der Waals surface area contributed by atoms with Crippen molar-refractivity contribution in [3.05, 3.63) is 35.1 Å². The van der Waals surface area contributed by atoms with Gasteiger partial charge in [-0.2, -0.15) is 0 Å². The second-order valence-corrected chi connectivity index (χ2v) is 4.56. The number of carbonyl (C=O) groups is 1. The average molecular weight is 251 g/mol. The lowest BCUT2D eigenvalue weighted by atomic mass is 10.0. The molecule has 1 saturated heterocycles. The maximum Gasteiger partial charge on any atom is 0.318 e. The summed E-state index contributed by atoms with van der Waals surface area (Å²) in [5, 5.41) is 5.93. The Hall–Kier alpha value is -1.62. The third kappa shape index (κ3) is 2.61. The van der Waals surface area contributed by atoms with Crippen LogP contribution in [0.4, 0.5) is 9.18 Å². The van der Waals surface area contributed by atoms with Crippen molar-refractivity contribution >= 4 is 6.03 Å². The fourth-order valence-corrected chi connectivity index (χ4v) is 2.10. The fraction of sp³-hybridized carbons (Fsp3) is 0.462. The highest BCUT2D eigenvalue weighted by Crippen LogP contribution is 2.21. The van der Waals surface area contributed by atoms with Crippen LogP contribution in [0.1, 0.15) is 17.2 Å². The molecule has 2 rings (SSSR count). The zero-order valence-electron chi connectivity index (χ0n) is 10.7. The number of nitrogens with one attached hydrogen (secondary N) is 2. The molecule has 0 saturated carbocycles. The Morgan fingerprint density at radius 1 is 1.56 bits per heavy atom. The molecule has 0 bridgehead atoms. The number of halogens is 1. The van der Waals surface area contributed by atoms with Crippen molar-refractivity contribution in [1.82, 2.24) is 15.5 Å². The molecule has 1 aliphatic heterocycles. The summed E-state index contributed by atoms with van der Waals surface area (Å²) in [6.07, 6.45) is 0. The first kappa shape index (κ1) is 12.8. The second-order valence-electron chi connectivity index (χ2n) is 4.56. The summed E-state index contributed by atoms with van der Waals surface area (Å²) in [4.78, 5) is 13.5. The van der Waals surface area contributed by atoms with Crippen molar-refractivity contribution in [3.8, 4) is 0 Å². The molecule has 2 N–H and O–H groups in total. The highest BCUT2D eigenvalue weighted by atomic mass is 19.1. The van der Waals surface area contributed by atoms with Crippen LogP contribution in [0.5, 0.6) is 0 Å². The lowest BCUT2D eigenvalue weighted by Gasteiger charge is -2.14. The van der Waals surface area contributed by atoms with Gasteiger partial charge in [-0.05, 0) is 31.2 Å². The van der Waals surface area contributed by atoms with Crippen LogP contribution < -0.4 is 10.6 Å². The van der Waals surface area contributed by atoms with E-state index in [1.165, 1.54) is 6.07 Å². The fourth-order valence-electron chi connectivity index (χ4n) is 2.10. The van der Waals surface area contributed by atoms with Crippen molar-refractivity contribution in [1.29, 1.82) is 0 Å². The topological polar surface area (TPSA) is 44.4 Å². The number of carbonyl (C=O) groups excluding carboxylic acids is 1. The van der Waals surface area contributed by atoms with Crippen LogP contribution in [-0.4, -0.2) is 37.6 Å². The number of rotatable bonds is 4. The van der Waals surface area contributed by atoms with Gasteiger partial charge in [-0.15, -0.1) is 0 Å². The van der Waals surface area contributed by atoms with E-state index >= 15 is 0 Å². The van der Waals surface area contributed by atoms with Crippen molar-refractivity contribution in [3.63, 3.8) is 0 Å². The van der Waals surface area contributed by atoms with Gasteiger partial charge in [0.2, 0.25) is 0 Å². The van der Waals surface area contributed by atoms with Crippen molar-refractivity contribution < 1.29 is 9.18 Å². The Balaban J connectivity index is 2.07. The normalized spacial score (nSPS) is 19.2. The van der Waals surface area contributed by atoms with E-state index in [9.17, 15) is 9.18 Å². The molecule has 1 aromatic rings. The molecule has 1 atom stereocenters. The van der Waals surface area contributed by atoms with Crippen LogP contribution in [0.25, 0.3) is 0 Å². The standard InChI is InChI=1S/C13H18FN3O/c1-9-7-10(3-4-11(9)14)12-8-17(6-5-15-2)13(18)16-12/h3-4,7,12,15H,5-6,8H2,1-2H3,(H,16,18). The number of aryl methyl sites for hydroxylation is 1. The minimum absolute atomic E-state index is 0.0475. The quantitative estimate of drug-likeness (QED) is 0.850. The summed E-state index contributed by atoms with van der Waals surface area (Å²) in [6.45, 7) is 3.81. The molecule has 1 aliphatic rings. The van der Waals surface area contributed by atoms with Crippen LogP contribution in [0.3, 0.4) is 0 Å². The molecule has 98 valence electrons. The van der Waals surface area contributed by atoms with E-state index < -0.39 is 0 Å². The molecule has 1 heterocycles. The molecular formula is C13H18FN3O. The Bertz CT molecular complexity index is 450. The number of nitrogens with zero attached hydrogens (tertiary/aromatic N) is 1. The summed E-state index contributed by atoms with van der Waals surface area (Å²) in [6, 6.07) is 4.87. The van der Waals surface area contributed by atoms with E-state index in [4.69, 9.17) is 0 Å². The van der Waals surface area contributed by atoms with Crippen LogP contribution in [-0.2, 0) is 0 Å². The number of urea groups is 1. The molecule has 1 unspecified atom stereocenters. The molecule has 1 aromatic carbocycles. The maximum atomic E-state index is 13.2. The molecule has 18 heavy (non-hydrogen) atoms. The Kier molecular flexibility index (Phi) is 3.81. The summed E-state index contributed by atoms with van der Waals surface area (Å²) < 4.78 is 13.2. The lowest BCUT2D eigenvalue weighted by Crippen LogP contribution is -2.33. The van der Waals surface area contributed by atoms with Crippen molar-refractivity contribution in [2.45, 2.75) is 13.0 Å². The highest BCUT2D eigenvalue weighted by Gasteiger charge is 2.29. The smallest absolute Gasteiger partial charge is 0.318 e. The van der Waals surface area contributed by atoms with Gasteiger partial charge in [0, 0.05) is 19.6 Å². The first-order valence-corrected chi connectivity index (χ1v) is 6.08. The Morgan fingerprint density at radius 3 is 3.00 bits per heavy atom. The van der Waals surface area contributed by atoms with Crippen molar-refractivity contribution in [2.75, 3.05) is 26.7 Å². The van der Waals surface area contributed by atoms with Crippen LogP contribution in [0.2, 0.25) is 0 Å². The third-order valence-corrected chi connectivity index (χ3v) is 3.20. The predicted molar refractivity (Wildman–Crippen MR) is 67.9 cm³/mol. The minimum Gasteiger partial charge on any atom is -0.329 e. The molecular weight excluding hydrogens is 233 g/mol. The van der Waals surface area contributed by atoms with E-state index in [1.807, 2.05) is 7.05 Å². The molecule has 5 heteroatoms. The molecule has 2 amide bonds. The third-order valence-electron chi connectivity index (χ3n) is 3.20. The van der Waals surface area contributed by atoms with Crippen molar-refractivity contribution in [2.24, 2.45) is 0 Å². The average Bonchev–Trinajstić information content (AvgIpc) is 2.72. The van der Waals surface area contributed by atoms with Gasteiger partial charge in [-0.3, -0.25) is 0 Å². The van der Waals surface area contributed by atoms with Gasteiger partial charge in [0.15, 0.2) is 0 Å².